The Morgan fingerprint density at radius 2 is 2.00 bits per heavy atom. The first-order chi connectivity index (χ1) is 12.5. The maximum atomic E-state index is 12.2. The van der Waals surface area contributed by atoms with E-state index in [1.165, 1.54) is 12.8 Å². The number of hydrogen-bond acceptors (Lipinski definition) is 3. The van der Waals surface area contributed by atoms with Gasteiger partial charge in [-0.1, -0.05) is 12.1 Å². The summed E-state index contributed by atoms with van der Waals surface area (Å²) < 4.78 is 34.3. The van der Waals surface area contributed by atoms with Gasteiger partial charge in [0.05, 0.1) is 0 Å². The van der Waals surface area contributed by atoms with Crippen molar-refractivity contribution in [1.82, 2.24) is 10.2 Å². The lowest BCUT2D eigenvalue weighted by atomic mass is 10.0. The molecule has 1 aromatic carbocycles. The molecule has 1 fully saturated rings. The summed E-state index contributed by atoms with van der Waals surface area (Å²) in [6, 6.07) is 6.68. The first kappa shape index (κ1) is 20.4. The molecule has 1 aliphatic carbocycles. The zero-order chi connectivity index (χ0) is 19.0. The van der Waals surface area contributed by atoms with Gasteiger partial charge in [-0.25, -0.2) is 0 Å². The van der Waals surface area contributed by atoms with E-state index in [4.69, 9.17) is 4.74 Å². The average Bonchev–Trinajstić information content (AvgIpc) is 3.37. The lowest BCUT2D eigenvalue weighted by Gasteiger charge is -2.25. The average molecular weight is 369 g/mol. The number of nitrogens with one attached hydrogen (secondary N) is 1. The van der Waals surface area contributed by atoms with E-state index in [1.807, 2.05) is 18.9 Å². The molecule has 0 aromatic heterocycles. The highest BCUT2D eigenvalue weighted by molar-refractivity contribution is 5.79. The van der Waals surface area contributed by atoms with Crippen LogP contribution in [0.15, 0.2) is 29.3 Å². The van der Waals surface area contributed by atoms with Gasteiger partial charge in [0.1, 0.15) is 5.75 Å². The molecule has 146 valence electrons. The Bertz CT molecular complexity index is 575. The standard InChI is InChI=1S/C19H29F2N3O2/c1-4-25-12-11-19(9-10-19)14-23-18(22-2)24(3)13-15-5-7-16(8-6-15)26-17(20)21/h5-8,17H,4,9-14H2,1-3H3,(H,22,23). The summed E-state index contributed by atoms with van der Waals surface area (Å²) in [6.07, 6.45) is 3.51. The van der Waals surface area contributed by atoms with Crippen molar-refractivity contribution in [3.63, 3.8) is 0 Å². The van der Waals surface area contributed by atoms with Gasteiger partial charge in [0.25, 0.3) is 0 Å². The highest BCUT2D eigenvalue weighted by atomic mass is 19.3. The molecule has 1 aliphatic rings. The van der Waals surface area contributed by atoms with Crippen molar-refractivity contribution in [3.05, 3.63) is 29.8 Å². The van der Waals surface area contributed by atoms with Crippen molar-refractivity contribution in [2.45, 2.75) is 39.3 Å². The second-order valence-corrected chi connectivity index (χ2v) is 6.73. The molecule has 2 rings (SSSR count). The summed E-state index contributed by atoms with van der Waals surface area (Å²) in [5, 5.41) is 3.45. The van der Waals surface area contributed by atoms with Gasteiger partial charge >= 0.3 is 6.61 Å². The van der Waals surface area contributed by atoms with E-state index < -0.39 is 6.61 Å². The monoisotopic (exact) mass is 369 g/mol. The minimum absolute atomic E-state index is 0.166. The first-order valence-electron chi connectivity index (χ1n) is 9.01. The van der Waals surface area contributed by atoms with Crippen molar-refractivity contribution in [1.29, 1.82) is 0 Å². The Morgan fingerprint density at radius 1 is 1.31 bits per heavy atom. The summed E-state index contributed by atoms with van der Waals surface area (Å²) >= 11 is 0. The fourth-order valence-electron chi connectivity index (χ4n) is 2.90. The quantitative estimate of drug-likeness (QED) is 0.390. The van der Waals surface area contributed by atoms with Crippen LogP contribution in [0, 0.1) is 5.41 Å². The molecule has 0 spiro atoms. The molecule has 0 atom stereocenters. The van der Waals surface area contributed by atoms with E-state index in [0.29, 0.717) is 12.0 Å². The normalized spacial score (nSPS) is 15.8. The Balaban J connectivity index is 1.82. The van der Waals surface area contributed by atoms with Crippen LogP contribution in [0.25, 0.3) is 0 Å². The highest BCUT2D eigenvalue weighted by Gasteiger charge is 2.42. The number of nitrogens with zero attached hydrogens (tertiary/aromatic N) is 2. The van der Waals surface area contributed by atoms with Crippen LogP contribution in [0.5, 0.6) is 5.75 Å². The number of alkyl halides is 2. The lowest BCUT2D eigenvalue weighted by molar-refractivity contribution is -0.0498. The smallest absolute Gasteiger partial charge is 0.387 e. The second-order valence-electron chi connectivity index (χ2n) is 6.73. The van der Waals surface area contributed by atoms with Crippen molar-refractivity contribution >= 4 is 5.96 Å². The number of hydrogen-bond donors (Lipinski definition) is 1. The summed E-state index contributed by atoms with van der Waals surface area (Å²) in [7, 11) is 3.72. The molecule has 26 heavy (non-hydrogen) atoms. The fraction of sp³-hybridized carbons (Fsp3) is 0.632. The lowest BCUT2D eigenvalue weighted by Crippen LogP contribution is -2.41. The largest absolute Gasteiger partial charge is 0.435 e. The minimum atomic E-state index is -2.80. The van der Waals surface area contributed by atoms with E-state index in [0.717, 1.165) is 37.7 Å². The molecular weight excluding hydrogens is 340 g/mol. The highest BCUT2D eigenvalue weighted by Crippen LogP contribution is 2.48. The Morgan fingerprint density at radius 3 is 2.54 bits per heavy atom. The molecule has 1 N–H and O–H groups in total. The molecule has 0 unspecified atom stereocenters. The van der Waals surface area contributed by atoms with Gasteiger partial charge in [-0.3, -0.25) is 4.99 Å². The number of aliphatic imine (C=N–C) groups is 1. The summed E-state index contributed by atoms with van der Waals surface area (Å²) in [6.45, 7) is 2.29. The molecule has 1 aromatic rings. The summed E-state index contributed by atoms with van der Waals surface area (Å²) in [5.74, 6) is 0.986. The van der Waals surface area contributed by atoms with Gasteiger partial charge in [-0.05, 0) is 49.3 Å². The minimum Gasteiger partial charge on any atom is -0.435 e. The number of rotatable bonds is 10. The van der Waals surface area contributed by atoms with Gasteiger partial charge in [0, 0.05) is 40.4 Å². The van der Waals surface area contributed by atoms with Gasteiger partial charge < -0.3 is 19.7 Å². The van der Waals surface area contributed by atoms with Gasteiger partial charge in [-0.15, -0.1) is 0 Å². The van der Waals surface area contributed by atoms with Crippen LogP contribution >= 0.6 is 0 Å². The van der Waals surface area contributed by atoms with Crippen LogP contribution in [-0.2, 0) is 11.3 Å². The summed E-state index contributed by atoms with van der Waals surface area (Å²) in [5.41, 5.74) is 1.33. The van der Waals surface area contributed by atoms with Crippen LogP contribution in [-0.4, -0.2) is 51.3 Å². The van der Waals surface area contributed by atoms with E-state index in [-0.39, 0.29) is 5.75 Å². The van der Waals surface area contributed by atoms with Gasteiger partial charge in [0.2, 0.25) is 0 Å². The number of benzene rings is 1. The van der Waals surface area contributed by atoms with Crippen molar-refractivity contribution in [3.8, 4) is 5.75 Å². The van der Waals surface area contributed by atoms with E-state index in [1.54, 1.807) is 31.3 Å². The van der Waals surface area contributed by atoms with Crippen LogP contribution in [0.1, 0.15) is 31.7 Å². The van der Waals surface area contributed by atoms with Crippen molar-refractivity contribution in [2.75, 3.05) is 33.9 Å². The predicted molar refractivity (Wildman–Crippen MR) is 98.7 cm³/mol. The second kappa shape index (κ2) is 9.71. The topological polar surface area (TPSA) is 46.1 Å². The van der Waals surface area contributed by atoms with Crippen LogP contribution in [0.3, 0.4) is 0 Å². The number of ether oxygens (including phenoxy) is 2. The van der Waals surface area contributed by atoms with Crippen molar-refractivity contribution in [2.24, 2.45) is 10.4 Å². The molecular formula is C19H29F2N3O2. The Kier molecular flexibility index (Phi) is 7.63. The maximum Gasteiger partial charge on any atom is 0.387 e. The number of guanidine groups is 1. The van der Waals surface area contributed by atoms with E-state index in [9.17, 15) is 8.78 Å². The SMILES string of the molecule is CCOCCC1(CNC(=NC)N(C)Cc2ccc(OC(F)F)cc2)CC1. The molecule has 5 nitrogen and oxygen atoms in total. The van der Waals surface area contributed by atoms with Crippen LogP contribution in [0.4, 0.5) is 8.78 Å². The summed E-state index contributed by atoms with van der Waals surface area (Å²) in [4.78, 5) is 6.36. The zero-order valence-corrected chi connectivity index (χ0v) is 15.8. The molecule has 1 saturated carbocycles. The molecule has 0 saturated heterocycles. The predicted octanol–water partition coefficient (Wildman–Crippen LogP) is 3.50. The molecule has 0 aliphatic heterocycles. The van der Waals surface area contributed by atoms with Gasteiger partial charge in [0.15, 0.2) is 5.96 Å². The Hall–Kier alpha value is -1.89. The third-order valence-electron chi connectivity index (χ3n) is 4.70. The maximum absolute atomic E-state index is 12.2. The molecule has 7 heteroatoms. The fourth-order valence-corrected chi connectivity index (χ4v) is 2.90. The van der Waals surface area contributed by atoms with Gasteiger partial charge in [-0.2, -0.15) is 8.78 Å². The van der Waals surface area contributed by atoms with Crippen LogP contribution < -0.4 is 10.1 Å². The molecule has 0 heterocycles. The van der Waals surface area contributed by atoms with E-state index in [2.05, 4.69) is 15.0 Å². The molecule has 0 bridgehead atoms. The Labute approximate surface area is 154 Å². The first-order valence-corrected chi connectivity index (χ1v) is 9.01. The number of halogens is 2. The molecule has 0 amide bonds. The third kappa shape index (κ3) is 6.44. The zero-order valence-electron chi connectivity index (χ0n) is 15.8. The van der Waals surface area contributed by atoms with Crippen LogP contribution in [0.2, 0.25) is 0 Å². The molecule has 0 radical (unpaired) electrons. The third-order valence-corrected chi connectivity index (χ3v) is 4.70. The van der Waals surface area contributed by atoms with Crippen molar-refractivity contribution < 1.29 is 18.3 Å². The van der Waals surface area contributed by atoms with E-state index >= 15 is 0 Å².